The maximum atomic E-state index is 12.8. The average Bonchev–Trinajstić information content (AvgIpc) is 2.76. The number of hydrogen-bond donors (Lipinski definition) is 2. The molecule has 0 saturated heterocycles. The zero-order valence-corrected chi connectivity index (χ0v) is 25.2. The van der Waals surface area contributed by atoms with E-state index in [9.17, 15) is 9.59 Å². The fraction of sp³-hybridized carbons (Fsp3) is 0.931. The van der Waals surface area contributed by atoms with Crippen LogP contribution < -0.4 is 10.6 Å². The van der Waals surface area contributed by atoms with Crippen molar-refractivity contribution in [3.05, 3.63) is 0 Å². The summed E-state index contributed by atoms with van der Waals surface area (Å²) >= 11 is 0. The third kappa shape index (κ3) is 15.8. The summed E-state index contributed by atoms with van der Waals surface area (Å²) in [4.78, 5) is 25.2. The summed E-state index contributed by atoms with van der Waals surface area (Å²) in [5.41, 5.74) is -1.65. The molecule has 36 heavy (non-hydrogen) atoms. The molecule has 0 aromatic heterocycles. The Morgan fingerprint density at radius 3 is 1.53 bits per heavy atom. The molecule has 0 bridgehead atoms. The lowest BCUT2D eigenvalue weighted by atomic mass is 9.88. The standard InChI is InChI=1S/C29H58N2O5/c1-11-13-18-30-24(32)26(3,4)15-22-35-28(7,8)14-19-31-25(33)27(5,6)16-23-36-29(9,10)17-21-34-20-12-2/h11-23H2,1-10H3,(H,30,32)(H,31,33). The van der Waals surface area contributed by atoms with E-state index in [1.165, 1.54) is 0 Å². The van der Waals surface area contributed by atoms with Crippen LogP contribution in [0.4, 0.5) is 0 Å². The first-order chi connectivity index (χ1) is 16.6. The van der Waals surface area contributed by atoms with E-state index in [1.54, 1.807) is 0 Å². The fourth-order valence-corrected chi connectivity index (χ4v) is 3.44. The van der Waals surface area contributed by atoms with Gasteiger partial charge < -0.3 is 24.8 Å². The average molecular weight is 515 g/mol. The zero-order valence-electron chi connectivity index (χ0n) is 25.2. The van der Waals surface area contributed by atoms with Gasteiger partial charge in [0.2, 0.25) is 11.8 Å². The van der Waals surface area contributed by atoms with Gasteiger partial charge in [-0.15, -0.1) is 0 Å². The Labute approximate surface area is 222 Å². The summed E-state index contributed by atoms with van der Waals surface area (Å²) in [6.07, 6.45) is 5.89. The van der Waals surface area contributed by atoms with E-state index in [2.05, 4.69) is 38.3 Å². The van der Waals surface area contributed by atoms with Gasteiger partial charge in [-0.1, -0.05) is 48.0 Å². The molecule has 0 aromatic carbocycles. The first-order valence-electron chi connectivity index (χ1n) is 14.0. The molecular formula is C29H58N2O5. The SMILES string of the molecule is CCCCNC(=O)C(C)(C)CCOC(C)(C)CCNC(=O)C(C)(C)CCOC(C)(C)CCOCCC. The molecule has 7 heteroatoms. The Morgan fingerprint density at radius 2 is 1.06 bits per heavy atom. The van der Waals surface area contributed by atoms with Crippen LogP contribution in [0.2, 0.25) is 0 Å². The molecule has 2 N–H and O–H groups in total. The van der Waals surface area contributed by atoms with Crippen LogP contribution in [-0.2, 0) is 23.8 Å². The number of carbonyl (C=O) groups is 2. The summed E-state index contributed by atoms with van der Waals surface area (Å²) in [7, 11) is 0. The van der Waals surface area contributed by atoms with Gasteiger partial charge in [0.05, 0.1) is 11.2 Å². The Hall–Kier alpha value is -1.18. The number of unbranched alkanes of at least 4 members (excludes halogenated alkanes) is 1. The number of ether oxygens (including phenoxy) is 3. The molecule has 7 nitrogen and oxygen atoms in total. The van der Waals surface area contributed by atoms with E-state index >= 15 is 0 Å². The Bertz CT molecular complexity index is 629. The predicted molar refractivity (Wildman–Crippen MR) is 148 cm³/mol. The topological polar surface area (TPSA) is 85.9 Å². The van der Waals surface area contributed by atoms with Crippen molar-refractivity contribution in [1.29, 1.82) is 0 Å². The van der Waals surface area contributed by atoms with Gasteiger partial charge in [-0.2, -0.15) is 0 Å². The van der Waals surface area contributed by atoms with Gasteiger partial charge in [0.15, 0.2) is 0 Å². The lowest BCUT2D eigenvalue weighted by molar-refractivity contribution is -0.133. The van der Waals surface area contributed by atoms with Crippen LogP contribution in [0.15, 0.2) is 0 Å². The van der Waals surface area contributed by atoms with Crippen molar-refractivity contribution in [2.75, 3.05) is 39.5 Å². The van der Waals surface area contributed by atoms with Gasteiger partial charge in [-0.3, -0.25) is 9.59 Å². The molecule has 2 amide bonds. The highest BCUT2D eigenvalue weighted by Crippen LogP contribution is 2.25. The van der Waals surface area contributed by atoms with Crippen LogP contribution in [0.25, 0.3) is 0 Å². The molecule has 0 aliphatic heterocycles. The Balaban J connectivity index is 4.34. The van der Waals surface area contributed by atoms with Crippen LogP contribution in [-0.4, -0.2) is 62.5 Å². The van der Waals surface area contributed by atoms with E-state index in [-0.39, 0.29) is 23.0 Å². The van der Waals surface area contributed by atoms with E-state index in [4.69, 9.17) is 14.2 Å². The molecule has 0 unspecified atom stereocenters. The number of hydrogen-bond acceptors (Lipinski definition) is 5. The van der Waals surface area contributed by atoms with Crippen LogP contribution in [0.5, 0.6) is 0 Å². The van der Waals surface area contributed by atoms with E-state index in [0.29, 0.717) is 45.6 Å². The van der Waals surface area contributed by atoms with Gasteiger partial charge in [-0.05, 0) is 66.2 Å². The first-order valence-corrected chi connectivity index (χ1v) is 14.0. The molecule has 0 atom stereocenters. The second-order valence-electron chi connectivity index (χ2n) is 12.5. The maximum absolute atomic E-state index is 12.8. The van der Waals surface area contributed by atoms with Crippen molar-refractivity contribution in [2.24, 2.45) is 10.8 Å². The van der Waals surface area contributed by atoms with Crippen molar-refractivity contribution >= 4 is 11.8 Å². The second-order valence-corrected chi connectivity index (χ2v) is 12.5. The number of carbonyl (C=O) groups excluding carboxylic acids is 2. The molecule has 0 aliphatic carbocycles. The zero-order chi connectivity index (χ0) is 27.9. The molecular weight excluding hydrogens is 456 g/mol. The third-order valence-electron chi connectivity index (χ3n) is 6.69. The maximum Gasteiger partial charge on any atom is 0.225 e. The van der Waals surface area contributed by atoms with Gasteiger partial charge in [0.1, 0.15) is 0 Å². The van der Waals surface area contributed by atoms with Gasteiger partial charge in [0, 0.05) is 50.3 Å². The van der Waals surface area contributed by atoms with Gasteiger partial charge >= 0.3 is 0 Å². The normalized spacial score (nSPS) is 13.1. The quantitative estimate of drug-likeness (QED) is 0.193. The monoisotopic (exact) mass is 514 g/mol. The second kappa shape index (κ2) is 16.6. The molecule has 0 heterocycles. The molecule has 214 valence electrons. The van der Waals surface area contributed by atoms with Crippen LogP contribution >= 0.6 is 0 Å². The predicted octanol–water partition coefficient (Wildman–Crippen LogP) is 5.65. The highest BCUT2D eigenvalue weighted by Gasteiger charge is 2.30. The number of rotatable bonds is 21. The minimum atomic E-state index is -0.519. The van der Waals surface area contributed by atoms with E-state index in [0.717, 1.165) is 38.8 Å². The molecule has 0 saturated carbocycles. The smallest absolute Gasteiger partial charge is 0.225 e. The number of amides is 2. The Morgan fingerprint density at radius 1 is 0.583 bits per heavy atom. The molecule has 0 rings (SSSR count). The molecule has 0 radical (unpaired) electrons. The lowest BCUT2D eigenvalue weighted by Crippen LogP contribution is -2.41. The summed E-state index contributed by atoms with van der Waals surface area (Å²) < 4.78 is 17.7. The van der Waals surface area contributed by atoms with Crippen LogP contribution in [0.3, 0.4) is 0 Å². The summed E-state index contributed by atoms with van der Waals surface area (Å²) in [6.45, 7) is 24.0. The molecule has 0 spiro atoms. The molecule has 0 fully saturated rings. The van der Waals surface area contributed by atoms with E-state index in [1.807, 2.05) is 41.5 Å². The van der Waals surface area contributed by atoms with Crippen LogP contribution in [0, 0.1) is 10.8 Å². The third-order valence-corrected chi connectivity index (χ3v) is 6.69. The summed E-state index contributed by atoms with van der Waals surface area (Å²) in [5, 5.41) is 6.08. The lowest BCUT2D eigenvalue weighted by Gasteiger charge is -2.30. The minimum absolute atomic E-state index is 0.0240. The van der Waals surface area contributed by atoms with Crippen molar-refractivity contribution in [3.8, 4) is 0 Å². The highest BCUT2D eigenvalue weighted by atomic mass is 16.5. The first kappa shape index (κ1) is 34.8. The largest absolute Gasteiger partial charge is 0.381 e. The van der Waals surface area contributed by atoms with Gasteiger partial charge in [-0.25, -0.2) is 0 Å². The van der Waals surface area contributed by atoms with Crippen LogP contribution in [0.1, 0.15) is 114 Å². The van der Waals surface area contributed by atoms with Crippen molar-refractivity contribution in [3.63, 3.8) is 0 Å². The minimum Gasteiger partial charge on any atom is -0.381 e. The highest BCUT2D eigenvalue weighted by molar-refractivity contribution is 5.82. The van der Waals surface area contributed by atoms with Crippen molar-refractivity contribution in [2.45, 2.75) is 125 Å². The Kier molecular flexibility index (Phi) is 16.1. The number of nitrogens with one attached hydrogen (secondary N) is 2. The van der Waals surface area contributed by atoms with E-state index < -0.39 is 10.8 Å². The van der Waals surface area contributed by atoms with Crippen molar-refractivity contribution in [1.82, 2.24) is 10.6 Å². The van der Waals surface area contributed by atoms with Gasteiger partial charge in [0.25, 0.3) is 0 Å². The molecule has 0 aromatic rings. The fourth-order valence-electron chi connectivity index (χ4n) is 3.44. The van der Waals surface area contributed by atoms with Crippen molar-refractivity contribution < 1.29 is 23.8 Å². The summed E-state index contributed by atoms with van der Waals surface area (Å²) in [6, 6.07) is 0. The summed E-state index contributed by atoms with van der Waals surface area (Å²) in [5.74, 6) is 0.0971. The molecule has 0 aliphatic rings.